The average Bonchev–Trinajstić information content (AvgIpc) is 2.76. The van der Waals surface area contributed by atoms with Gasteiger partial charge in [-0.1, -0.05) is 30.3 Å². The number of carbonyl (C=O) groups excluding carboxylic acids is 1. The van der Waals surface area contributed by atoms with Crippen molar-refractivity contribution in [2.45, 2.75) is 6.92 Å². The minimum Gasteiger partial charge on any atom is -0.455 e. The molecule has 0 aliphatic carbocycles. The molecular formula is C24H20N4O2. The molecule has 3 N–H and O–H groups in total. The normalized spacial score (nSPS) is 10.4. The molecule has 1 amide bonds. The molecule has 0 spiro atoms. The van der Waals surface area contributed by atoms with Crippen molar-refractivity contribution in [1.82, 2.24) is 9.97 Å². The van der Waals surface area contributed by atoms with Gasteiger partial charge in [0.15, 0.2) is 5.75 Å². The molecule has 30 heavy (non-hydrogen) atoms. The molecule has 0 atom stereocenters. The van der Waals surface area contributed by atoms with Crippen LogP contribution in [0.3, 0.4) is 0 Å². The van der Waals surface area contributed by atoms with Gasteiger partial charge in [0.25, 0.3) is 0 Å². The third-order valence-electron chi connectivity index (χ3n) is 4.45. The number of nitrogens with one attached hydrogen (secondary N) is 1. The highest BCUT2D eigenvalue weighted by Crippen LogP contribution is 2.32. The SMILES string of the molecule is Cc1ccc(Oc2ccnc(Nc3ccc(C(N)=O)cc3)c2)c(-c2ccccc2)n1. The fourth-order valence-corrected chi connectivity index (χ4v) is 2.96. The van der Waals surface area contributed by atoms with E-state index in [2.05, 4.69) is 15.3 Å². The van der Waals surface area contributed by atoms with E-state index >= 15 is 0 Å². The van der Waals surface area contributed by atoms with Gasteiger partial charge in [0.2, 0.25) is 5.91 Å². The topological polar surface area (TPSA) is 90.1 Å². The summed E-state index contributed by atoms with van der Waals surface area (Å²) >= 11 is 0. The van der Waals surface area contributed by atoms with Crippen LogP contribution in [0.4, 0.5) is 11.5 Å². The standard InChI is InChI=1S/C24H20N4O2/c1-16-7-12-21(23(27-16)17-5-3-2-4-6-17)30-20-13-14-26-22(15-20)28-19-10-8-18(9-11-19)24(25)29/h2-15H,1H3,(H2,25,29)(H,26,28). The number of carbonyl (C=O) groups is 1. The molecule has 4 rings (SSSR count). The fraction of sp³-hybridized carbons (Fsp3) is 0.0417. The largest absolute Gasteiger partial charge is 0.455 e. The number of aryl methyl sites for hydroxylation is 1. The van der Waals surface area contributed by atoms with E-state index in [1.54, 1.807) is 42.6 Å². The van der Waals surface area contributed by atoms with Crippen molar-refractivity contribution >= 4 is 17.4 Å². The molecule has 0 saturated carbocycles. The van der Waals surface area contributed by atoms with Crippen molar-refractivity contribution in [3.05, 3.63) is 96.3 Å². The number of nitrogens with two attached hydrogens (primary N) is 1. The number of pyridine rings is 2. The number of primary amides is 1. The summed E-state index contributed by atoms with van der Waals surface area (Å²) in [5.74, 6) is 1.44. The maximum Gasteiger partial charge on any atom is 0.248 e. The number of anilines is 2. The Morgan fingerprint density at radius 2 is 1.73 bits per heavy atom. The molecule has 0 unspecified atom stereocenters. The zero-order chi connectivity index (χ0) is 20.9. The van der Waals surface area contributed by atoms with Crippen LogP contribution in [-0.2, 0) is 0 Å². The van der Waals surface area contributed by atoms with Crippen molar-refractivity contribution in [2.24, 2.45) is 5.73 Å². The number of hydrogen-bond acceptors (Lipinski definition) is 5. The quantitative estimate of drug-likeness (QED) is 0.474. The van der Waals surface area contributed by atoms with Gasteiger partial charge in [-0.25, -0.2) is 9.97 Å². The molecule has 0 fully saturated rings. The second kappa shape index (κ2) is 8.45. The van der Waals surface area contributed by atoms with Crippen LogP contribution < -0.4 is 15.8 Å². The maximum absolute atomic E-state index is 11.2. The predicted molar refractivity (Wildman–Crippen MR) is 117 cm³/mol. The van der Waals surface area contributed by atoms with Crippen molar-refractivity contribution in [2.75, 3.05) is 5.32 Å². The smallest absolute Gasteiger partial charge is 0.248 e. The Hall–Kier alpha value is -4.19. The number of aromatic nitrogens is 2. The van der Waals surface area contributed by atoms with Crippen molar-refractivity contribution < 1.29 is 9.53 Å². The summed E-state index contributed by atoms with van der Waals surface area (Å²) in [7, 11) is 0. The molecule has 4 aromatic rings. The van der Waals surface area contributed by atoms with E-state index in [-0.39, 0.29) is 0 Å². The second-order valence-corrected chi connectivity index (χ2v) is 6.71. The van der Waals surface area contributed by atoms with E-state index < -0.39 is 5.91 Å². The van der Waals surface area contributed by atoms with Gasteiger partial charge in [-0.05, 0) is 49.4 Å². The van der Waals surface area contributed by atoms with Crippen LogP contribution in [0.25, 0.3) is 11.3 Å². The molecule has 0 bridgehead atoms. The third kappa shape index (κ3) is 4.44. The van der Waals surface area contributed by atoms with E-state index in [1.807, 2.05) is 49.4 Å². The number of hydrogen-bond donors (Lipinski definition) is 2. The van der Waals surface area contributed by atoms with E-state index in [0.29, 0.717) is 22.9 Å². The summed E-state index contributed by atoms with van der Waals surface area (Å²) in [6.45, 7) is 1.95. The fourth-order valence-electron chi connectivity index (χ4n) is 2.96. The predicted octanol–water partition coefficient (Wildman–Crippen LogP) is 5.09. The Labute approximate surface area is 174 Å². The Kier molecular flexibility index (Phi) is 5.39. The summed E-state index contributed by atoms with van der Waals surface area (Å²) in [6, 6.07) is 24.2. The minimum absolute atomic E-state index is 0.450. The zero-order valence-corrected chi connectivity index (χ0v) is 16.4. The van der Waals surface area contributed by atoms with Crippen molar-refractivity contribution in [3.63, 3.8) is 0 Å². The lowest BCUT2D eigenvalue weighted by atomic mass is 10.1. The molecule has 0 aliphatic rings. The zero-order valence-electron chi connectivity index (χ0n) is 16.4. The van der Waals surface area contributed by atoms with Gasteiger partial charge in [0.05, 0.1) is 0 Å². The number of nitrogens with zero attached hydrogens (tertiary/aromatic N) is 2. The van der Waals surface area contributed by atoms with E-state index in [4.69, 9.17) is 10.5 Å². The first kappa shape index (κ1) is 19.1. The number of ether oxygens (including phenoxy) is 1. The highest BCUT2D eigenvalue weighted by molar-refractivity contribution is 5.93. The summed E-state index contributed by atoms with van der Waals surface area (Å²) in [5, 5.41) is 3.19. The molecule has 6 heteroatoms. The highest BCUT2D eigenvalue weighted by atomic mass is 16.5. The number of benzene rings is 2. The molecule has 2 aromatic heterocycles. The first-order valence-electron chi connectivity index (χ1n) is 9.42. The molecule has 0 aliphatic heterocycles. The first-order chi connectivity index (χ1) is 14.6. The lowest BCUT2D eigenvalue weighted by molar-refractivity contribution is 0.100. The summed E-state index contributed by atoms with van der Waals surface area (Å²) in [4.78, 5) is 20.2. The summed E-state index contributed by atoms with van der Waals surface area (Å²) in [5.41, 5.74) is 9.19. The van der Waals surface area contributed by atoms with E-state index in [0.717, 1.165) is 22.6 Å². The molecular weight excluding hydrogens is 376 g/mol. The van der Waals surface area contributed by atoms with Crippen LogP contribution in [0.15, 0.2) is 85.1 Å². The molecule has 0 saturated heterocycles. The van der Waals surface area contributed by atoms with Gasteiger partial charge in [-0.2, -0.15) is 0 Å². The lowest BCUT2D eigenvalue weighted by Gasteiger charge is -2.13. The van der Waals surface area contributed by atoms with E-state index in [9.17, 15) is 4.79 Å². The molecule has 2 heterocycles. The Morgan fingerprint density at radius 1 is 0.967 bits per heavy atom. The van der Waals surface area contributed by atoms with Gasteiger partial charge in [-0.15, -0.1) is 0 Å². The lowest BCUT2D eigenvalue weighted by Crippen LogP contribution is -2.10. The third-order valence-corrected chi connectivity index (χ3v) is 4.45. The average molecular weight is 396 g/mol. The Morgan fingerprint density at radius 3 is 2.47 bits per heavy atom. The van der Waals surface area contributed by atoms with Crippen LogP contribution in [0.2, 0.25) is 0 Å². The molecule has 148 valence electrons. The van der Waals surface area contributed by atoms with Gasteiger partial charge in [-0.3, -0.25) is 4.79 Å². The van der Waals surface area contributed by atoms with Crippen LogP contribution in [0, 0.1) is 6.92 Å². The second-order valence-electron chi connectivity index (χ2n) is 6.71. The Bertz CT molecular complexity index is 1180. The number of amides is 1. The summed E-state index contributed by atoms with van der Waals surface area (Å²) in [6.07, 6.45) is 1.67. The summed E-state index contributed by atoms with van der Waals surface area (Å²) < 4.78 is 6.14. The highest BCUT2D eigenvalue weighted by Gasteiger charge is 2.10. The maximum atomic E-state index is 11.2. The molecule has 2 aromatic carbocycles. The van der Waals surface area contributed by atoms with Crippen molar-refractivity contribution in [3.8, 4) is 22.8 Å². The van der Waals surface area contributed by atoms with Crippen LogP contribution in [-0.4, -0.2) is 15.9 Å². The van der Waals surface area contributed by atoms with E-state index in [1.165, 1.54) is 0 Å². The van der Waals surface area contributed by atoms with Crippen LogP contribution in [0.1, 0.15) is 16.1 Å². The molecule has 0 radical (unpaired) electrons. The van der Waals surface area contributed by atoms with Crippen molar-refractivity contribution in [1.29, 1.82) is 0 Å². The Balaban J connectivity index is 1.57. The van der Waals surface area contributed by atoms with Gasteiger partial charge in [0.1, 0.15) is 17.3 Å². The van der Waals surface area contributed by atoms with Gasteiger partial charge in [0, 0.05) is 34.8 Å². The first-order valence-corrected chi connectivity index (χ1v) is 9.42. The minimum atomic E-state index is -0.462. The monoisotopic (exact) mass is 396 g/mol. The molecule has 6 nitrogen and oxygen atoms in total. The van der Waals surface area contributed by atoms with Gasteiger partial charge >= 0.3 is 0 Å². The van der Waals surface area contributed by atoms with Gasteiger partial charge < -0.3 is 15.8 Å². The number of rotatable bonds is 6. The van der Waals surface area contributed by atoms with Crippen LogP contribution >= 0.6 is 0 Å². The van der Waals surface area contributed by atoms with Crippen LogP contribution in [0.5, 0.6) is 11.5 Å².